The van der Waals surface area contributed by atoms with Gasteiger partial charge in [0.05, 0.1) is 12.0 Å². The van der Waals surface area contributed by atoms with Gasteiger partial charge in [-0.2, -0.15) is 4.37 Å². The number of amides is 3. The van der Waals surface area contributed by atoms with E-state index in [1.54, 1.807) is 24.3 Å². The van der Waals surface area contributed by atoms with Gasteiger partial charge in [-0.25, -0.2) is 0 Å². The number of aromatic nitrogens is 1. The summed E-state index contributed by atoms with van der Waals surface area (Å²) in [5.41, 5.74) is 12.7. The molecule has 0 bridgehead atoms. The molecule has 35 heavy (non-hydrogen) atoms. The normalized spacial score (nSPS) is 14.7. The van der Waals surface area contributed by atoms with Crippen molar-refractivity contribution in [3.63, 3.8) is 0 Å². The summed E-state index contributed by atoms with van der Waals surface area (Å²) in [7, 11) is 0. The van der Waals surface area contributed by atoms with E-state index in [9.17, 15) is 14.4 Å². The fraction of sp³-hybridized carbons (Fsp3) is 0.360. The molecule has 4 rings (SSSR count). The van der Waals surface area contributed by atoms with Crippen LogP contribution in [-0.2, 0) is 4.79 Å². The van der Waals surface area contributed by atoms with Crippen molar-refractivity contribution < 1.29 is 18.8 Å². The van der Waals surface area contributed by atoms with E-state index in [-0.39, 0.29) is 34.1 Å². The molecular formula is C25H29N5O4S. The number of rotatable bonds is 8. The second kappa shape index (κ2) is 10.3. The van der Waals surface area contributed by atoms with Crippen molar-refractivity contribution >= 4 is 40.6 Å². The summed E-state index contributed by atoms with van der Waals surface area (Å²) in [6, 6.07) is 9.68. The predicted octanol–water partition coefficient (Wildman–Crippen LogP) is 3.99. The Morgan fingerprint density at radius 2 is 1.83 bits per heavy atom. The highest BCUT2D eigenvalue weighted by molar-refractivity contribution is 7.09. The molecule has 0 saturated heterocycles. The number of hydrogen-bond acceptors (Lipinski definition) is 7. The summed E-state index contributed by atoms with van der Waals surface area (Å²) in [6.07, 6.45) is 5.32. The van der Waals surface area contributed by atoms with Crippen molar-refractivity contribution in [2.24, 2.45) is 5.73 Å². The van der Waals surface area contributed by atoms with Crippen LogP contribution in [-0.4, -0.2) is 28.1 Å². The van der Waals surface area contributed by atoms with Gasteiger partial charge in [0, 0.05) is 11.7 Å². The molecule has 2 aromatic heterocycles. The molecule has 9 nitrogen and oxygen atoms in total. The van der Waals surface area contributed by atoms with Crippen LogP contribution in [0, 0.1) is 0 Å². The fourth-order valence-corrected chi connectivity index (χ4v) is 5.06. The highest BCUT2D eigenvalue weighted by Gasteiger charge is 2.38. The van der Waals surface area contributed by atoms with E-state index in [1.165, 1.54) is 11.2 Å². The van der Waals surface area contributed by atoms with Crippen molar-refractivity contribution in [2.75, 3.05) is 10.6 Å². The smallest absolute Gasteiger partial charge is 0.273 e. The van der Waals surface area contributed by atoms with Gasteiger partial charge >= 0.3 is 0 Å². The Labute approximate surface area is 207 Å². The maximum absolute atomic E-state index is 13.9. The average molecular weight is 496 g/mol. The molecule has 1 aliphatic rings. The molecule has 5 N–H and O–H groups in total. The number of nitrogens with two attached hydrogens (primary N) is 2. The van der Waals surface area contributed by atoms with Crippen molar-refractivity contribution in [1.82, 2.24) is 9.69 Å². The van der Waals surface area contributed by atoms with Crippen molar-refractivity contribution in [2.45, 2.75) is 57.5 Å². The Bertz CT molecular complexity index is 1200. The molecule has 10 heteroatoms. The molecule has 0 aliphatic heterocycles. The lowest BCUT2D eigenvalue weighted by atomic mass is 10.0. The van der Waals surface area contributed by atoms with E-state index in [2.05, 4.69) is 23.5 Å². The van der Waals surface area contributed by atoms with Crippen molar-refractivity contribution in [3.8, 4) is 0 Å². The van der Waals surface area contributed by atoms with Crippen LogP contribution >= 0.6 is 11.5 Å². The van der Waals surface area contributed by atoms with Crippen LogP contribution in [0.25, 0.3) is 0 Å². The molecule has 3 amide bonds. The van der Waals surface area contributed by atoms with E-state index >= 15 is 0 Å². The van der Waals surface area contributed by atoms with Crippen LogP contribution < -0.4 is 21.7 Å². The van der Waals surface area contributed by atoms with E-state index in [4.69, 9.17) is 15.9 Å². The number of nitrogen functional groups attached to an aromatic ring is 1. The predicted molar refractivity (Wildman–Crippen MR) is 134 cm³/mol. The summed E-state index contributed by atoms with van der Waals surface area (Å²) in [4.78, 5) is 40.7. The number of nitrogens with zero attached hydrogens (tertiary/aromatic N) is 2. The Kier molecular flexibility index (Phi) is 7.20. The lowest BCUT2D eigenvalue weighted by molar-refractivity contribution is -0.123. The minimum atomic E-state index is -1.10. The number of nitrogens with one attached hydrogen (secondary N) is 1. The van der Waals surface area contributed by atoms with Gasteiger partial charge in [0.15, 0.2) is 11.7 Å². The maximum Gasteiger partial charge on any atom is 0.273 e. The molecule has 2 heterocycles. The molecule has 184 valence electrons. The second-order valence-corrected chi connectivity index (χ2v) is 9.74. The first-order valence-corrected chi connectivity index (χ1v) is 12.4. The summed E-state index contributed by atoms with van der Waals surface area (Å²) in [5, 5.41) is 3.08. The minimum absolute atomic E-state index is 0.0250. The summed E-state index contributed by atoms with van der Waals surface area (Å²) in [6.45, 7) is 4.14. The molecule has 0 radical (unpaired) electrons. The topological polar surface area (TPSA) is 145 Å². The lowest BCUT2D eigenvalue weighted by Crippen LogP contribution is -2.46. The van der Waals surface area contributed by atoms with Crippen LogP contribution in [0.15, 0.2) is 47.1 Å². The highest BCUT2D eigenvalue weighted by atomic mass is 32.1. The van der Waals surface area contributed by atoms with Crippen molar-refractivity contribution in [3.05, 3.63) is 64.6 Å². The zero-order valence-electron chi connectivity index (χ0n) is 19.7. The second-order valence-electron chi connectivity index (χ2n) is 8.97. The van der Waals surface area contributed by atoms with Gasteiger partial charge in [0.25, 0.3) is 17.7 Å². The van der Waals surface area contributed by atoms with Gasteiger partial charge < -0.3 is 21.2 Å². The zero-order valence-corrected chi connectivity index (χ0v) is 20.5. The number of carbonyl (C=O) groups excluding carboxylic acids is 3. The minimum Gasteiger partial charge on any atom is -0.467 e. The molecule has 1 fully saturated rings. The van der Waals surface area contributed by atoms with Crippen LogP contribution in [0.3, 0.4) is 0 Å². The van der Waals surface area contributed by atoms with Crippen LogP contribution in [0.4, 0.5) is 11.4 Å². The first-order valence-electron chi connectivity index (χ1n) is 11.6. The largest absolute Gasteiger partial charge is 0.467 e. The summed E-state index contributed by atoms with van der Waals surface area (Å²) in [5.74, 6) is -1.17. The number of furan rings is 1. The molecule has 3 aromatic rings. The molecule has 1 aliphatic carbocycles. The average Bonchev–Trinajstić information content (AvgIpc) is 3.59. The number of anilines is 2. The van der Waals surface area contributed by atoms with E-state index in [0.29, 0.717) is 11.4 Å². The third kappa shape index (κ3) is 5.07. The van der Waals surface area contributed by atoms with Gasteiger partial charge in [0.1, 0.15) is 10.6 Å². The number of benzene rings is 1. The number of primary amides is 1. The van der Waals surface area contributed by atoms with Crippen LogP contribution in [0.1, 0.15) is 83.0 Å². The third-order valence-corrected chi connectivity index (χ3v) is 7.08. The van der Waals surface area contributed by atoms with Crippen LogP contribution in [0.2, 0.25) is 0 Å². The number of hydrogen-bond donors (Lipinski definition) is 3. The van der Waals surface area contributed by atoms with Gasteiger partial charge in [-0.3, -0.25) is 19.3 Å². The first kappa shape index (κ1) is 24.5. The summed E-state index contributed by atoms with van der Waals surface area (Å²) < 4.78 is 9.60. The highest BCUT2D eigenvalue weighted by Crippen LogP contribution is 2.34. The lowest BCUT2D eigenvalue weighted by Gasteiger charge is -2.30. The summed E-state index contributed by atoms with van der Waals surface area (Å²) >= 11 is 0.774. The fourth-order valence-electron chi connectivity index (χ4n) is 4.31. The standard InChI is InChI=1S/C25H29N5O4S/c1-14(2)15-9-11-17(12-10-15)30(25(33)22-19(26)20(23(27)31)29-35-22)21(18-8-5-13-34-18)24(32)28-16-6-3-4-7-16/h5,8-14,16,21H,3-4,6-7,26H2,1-2H3,(H2,27,31)(H,28,32). The Morgan fingerprint density at radius 1 is 1.14 bits per heavy atom. The zero-order chi connectivity index (χ0) is 25.1. The van der Waals surface area contributed by atoms with Crippen LogP contribution in [0.5, 0.6) is 0 Å². The Hall–Kier alpha value is -3.66. The Morgan fingerprint density at radius 3 is 2.37 bits per heavy atom. The Balaban J connectivity index is 1.81. The van der Waals surface area contributed by atoms with E-state index < -0.39 is 17.9 Å². The van der Waals surface area contributed by atoms with E-state index in [1.807, 2.05) is 12.1 Å². The molecule has 1 aromatic carbocycles. The monoisotopic (exact) mass is 495 g/mol. The molecular weight excluding hydrogens is 466 g/mol. The first-order chi connectivity index (χ1) is 16.8. The molecule has 1 saturated carbocycles. The van der Waals surface area contributed by atoms with Gasteiger partial charge in [-0.15, -0.1) is 0 Å². The molecule has 1 unspecified atom stereocenters. The van der Waals surface area contributed by atoms with Gasteiger partial charge in [-0.1, -0.05) is 38.8 Å². The van der Waals surface area contributed by atoms with Gasteiger partial charge in [-0.05, 0) is 60.1 Å². The SMILES string of the molecule is CC(C)c1ccc(N(C(=O)c2snc(C(N)=O)c2N)C(C(=O)NC2CCCC2)c2ccco2)cc1. The van der Waals surface area contributed by atoms with Gasteiger partial charge in [0.2, 0.25) is 0 Å². The number of carbonyl (C=O) groups is 3. The molecule has 1 atom stereocenters. The molecule has 0 spiro atoms. The maximum atomic E-state index is 13.9. The van der Waals surface area contributed by atoms with Crippen molar-refractivity contribution in [1.29, 1.82) is 0 Å². The third-order valence-electron chi connectivity index (χ3n) is 6.23. The quantitative estimate of drug-likeness (QED) is 0.431. The van der Waals surface area contributed by atoms with E-state index in [0.717, 1.165) is 42.8 Å².